The maximum Gasteiger partial charge on any atom is 0.269 e. The number of hydrogen-bond donors (Lipinski definition) is 1. The Morgan fingerprint density at radius 2 is 1.92 bits per heavy atom. The van der Waals surface area contributed by atoms with Crippen molar-refractivity contribution in [2.45, 2.75) is 39.5 Å². The molecule has 2 atom stereocenters. The van der Waals surface area contributed by atoms with E-state index in [0.29, 0.717) is 40.5 Å². The Morgan fingerprint density at radius 1 is 1.19 bits per heavy atom. The second kappa shape index (κ2) is 9.01. The van der Waals surface area contributed by atoms with Gasteiger partial charge in [0, 0.05) is 45.9 Å². The maximum atomic E-state index is 13.7. The van der Waals surface area contributed by atoms with Crippen LogP contribution in [0.4, 0.5) is 10.8 Å². The van der Waals surface area contributed by atoms with Crippen LogP contribution in [-0.2, 0) is 9.59 Å². The van der Waals surface area contributed by atoms with E-state index in [0.717, 1.165) is 14.7 Å². The van der Waals surface area contributed by atoms with Crippen molar-refractivity contribution >= 4 is 65.7 Å². The SMILES string of the molecule is CC1=NC2=C(C(=O)CC(C)(C)C2)[C@@H](c2ccc([N+](=O)[O-])cc2)C1C(=O)Nc1nc2ccc(Br)cc2s1. The van der Waals surface area contributed by atoms with Crippen molar-refractivity contribution in [1.82, 2.24) is 4.98 Å². The number of aromatic nitrogens is 1. The third kappa shape index (κ3) is 4.51. The van der Waals surface area contributed by atoms with Gasteiger partial charge in [0.05, 0.1) is 21.1 Å². The zero-order valence-corrected chi connectivity index (χ0v) is 22.3. The summed E-state index contributed by atoms with van der Waals surface area (Å²) < 4.78 is 1.85. The van der Waals surface area contributed by atoms with E-state index in [4.69, 9.17) is 4.99 Å². The first-order valence-corrected chi connectivity index (χ1v) is 13.1. The Labute approximate surface area is 219 Å². The average Bonchev–Trinajstić information content (AvgIpc) is 3.18. The van der Waals surface area contributed by atoms with Crippen LogP contribution in [0.3, 0.4) is 0 Å². The van der Waals surface area contributed by atoms with E-state index in [1.54, 1.807) is 19.1 Å². The van der Waals surface area contributed by atoms with Gasteiger partial charge in [-0.3, -0.25) is 24.7 Å². The molecular formula is C26H23BrN4O4S. The number of carbonyl (C=O) groups is 2. The van der Waals surface area contributed by atoms with Crippen molar-refractivity contribution in [2.75, 3.05) is 5.32 Å². The van der Waals surface area contributed by atoms with Crippen molar-refractivity contribution in [3.8, 4) is 0 Å². The van der Waals surface area contributed by atoms with Gasteiger partial charge in [0.25, 0.3) is 5.69 Å². The van der Waals surface area contributed by atoms with E-state index in [1.807, 2.05) is 32.0 Å². The Balaban J connectivity index is 1.56. The van der Waals surface area contributed by atoms with Crippen LogP contribution in [-0.4, -0.2) is 27.3 Å². The lowest BCUT2D eigenvalue weighted by atomic mass is 9.66. The number of nitro groups is 1. The van der Waals surface area contributed by atoms with Crippen LogP contribution in [0.1, 0.15) is 45.1 Å². The summed E-state index contributed by atoms with van der Waals surface area (Å²) >= 11 is 4.82. The van der Waals surface area contributed by atoms with Gasteiger partial charge in [0.15, 0.2) is 10.9 Å². The first kappa shape index (κ1) is 24.5. The fourth-order valence-electron chi connectivity index (χ4n) is 5.08. The van der Waals surface area contributed by atoms with Crippen LogP contribution in [0.25, 0.3) is 10.2 Å². The summed E-state index contributed by atoms with van der Waals surface area (Å²) in [7, 11) is 0. The molecule has 36 heavy (non-hydrogen) atoms. The number of carbonyl (C=O) groups excluding carboxylic acids is 2. The highest BCUT2D eigenvalue weighted by Crippen LogP contribution is 2.48. The molecule has 1 aliphatic heterocycles. The summed E-state index contributed by atoms with van der Waals surface area (Å²) in [5, 5.41) is 14.6. The molecule has 1 aliphatic carbocycles. The number of hydrogen-bond acceptors (Lipinski definition) is 7. The number of nitro benzene ring substituents is 1. The van der Waals surface area contributed by atoms with E-state index in [1.165, 1.54) is 23.5 Å². The number of nitrogens with zero attached hydrogens (tertiary/aromatic N) is 3. The van der Waals surface area contributed by atoms with Crippen LogP contribution >= 0.6 is 27.3 Å². The molecule has 8 nitrogen and oxygen atoms in total. The smallest absolute Gasteiger partial charge is 0.269 e. The van der Waals surface area contributed by atoms with Crippen LogP contribution < -0.4 is 5.32 Å². The molecule has 0 radical (unpaired) electrons. The molecule has 1 amide bonds. The minimum atomic E-state index is -0.755. The number of rotatable bonds is 4. The molecule has 1 N–H and O–H groups in total. The maximum absolute atomic E-state index is 13.7. The number of benzene rings is 2. The van der Waals surface area contributed by atoms with E-state index >= 15 is 0 Å². The van der Waals surface area contributed by atoms with Crippen molar-refractivity contribution < 1.29 is 14.5 Å². The predicted octanol–water partition coefficient (Wildman–Crippen LogP) is 6.42. The summed E-state index contributed by atoms with van der Waals surface area (Å²) in [4.78, 5) is 47.1. The summed E-state index contributed by atoms with van der Waals surface area (Å²) in [5.74, 6) is -1.70. The number of aliphatic imine (C=N–C) groups is 1. The van der Waals surface area contributed by atoms with E-state index in [9.17, 15) is 19.7 Å². The third-order valence-corrected chi connectivity index (χ3v) is 8.06. The second-order valence-corrected chi connectivity index (χ2v) is 11.9. The number of nitrogens with one attached hydrogen (secondary N) is 1. The van der Waals surface area contributed by atoms with Gasteiger partial charge < -0.3 is 5.32 Å². The summed E-state index contributed by atoms with van der Waals surface area (Å²) in [6.07, 6.45) is 0.973. The Bertz CT molecular complexity index is 1490. The Kier molecular flexibility index (Phi) is 6.12. The van der Waals surface area contributed by atoms with E-state index in [-0.39, 0.29) is 22.8 Å². The standard InChI is InChI=1S/C26H23BrN4O4S/c1-13-21(24(33)30-25-29-17-9-6-15(27)10-20(17)36-25)22(14-4-7-16(8-5-14)31(34)35)23-18(28-13)11-26(2,3)12-19(23)32/h4-10,21-22H,11-12H2,1-3H3,(H,29,30,33)/t21?,22-/m0/s1. The molecule has 184 valence electrons. The van der Waals surface area contributed by atoms with E-state index < -0.39 is 16.8 Å². The number of non-ortho nitro benzene ring substituents is 1. The van der Waals surface area contributed by atoms with Crippen molar-refractivity contribution in [3.63, 3.8) is 0 Å². The fraction of sp³-hybridized carbons (Fsp3) is 0.308. The molecule has 2 aliphatic rings. The monoisotopic (exact) mass is 566 g/mol. The summed E-state index contributed by atoms with van der Waals surface area (Å²) in [6.45, 7) is 5.86. The topological polar surface area (TPSA) is 115 Å². The van der Waals surface area contributed by atoms with Gasteiger partial charge in [-0.1, -0.05) is 53.2 Å². The molecule has 5 rings (SSSR count). The lowest BCUT2D eigenvalue weighted by Crippen LogP contribution is -2.41. The predicted molar refractivity (Wildman–Crippen MR) is 143 cm³/mol. The van der Waals surface area contributed by atoms with Crippen molar-refractivity contribution in [3.05, 3.63) is 73.9 Å². The molecule has 1 aromatic heterocycles. The molecule has 0 saturated heterocycles. The molecule has 0 spiro atoms. The van der Waals surface area contributed by atoms with Crippen LogP contribution in [0.15, 0.2) is 63.2 Å². The third-order valence-electron chi connectivity index (χ3n) is 6.63. The lowest BCUT2D eigenvalue weighted by molar-refractivity contribution is -0.384. The number of halogens is 1. The number of allylic oxidation sites excluding steroid dienone is 2. The minimum absolute atomic E-state index is 0.0384. The number of fused-ring (bicyclic) bond motifs is 1. The number of thiazole rings is 1. The zero-order valence-electron chi connectivity index (χ0n) is 19.9. The van der Waals surface area contributed by atoms with Gasteiger partial charge in [-0.15, -0.1) is 0 Å². The fourth-order valence-corrected chi connectivity index (χ4v) is 6.50. The molecule has 0 fully saturated rings. The molecular weight excluding hydrogens is 544 g/mol. The quantitative estimate of drug-likeness (QED) is 0.289. The molecule has 1 unspecified atom stereocenters. The Morgan fingerprint density at radius 3 is 2.61 bits per heavy atom. The molecule has 2 aromatic carbocycles. The first-order chi connectivity index (χ1) is 17.0. The van der Waals surface area contributed by atoms with Crippen LogP contribution in [0, 0.1) is 21.4 Å². The number of anilines is 1. The van der Waals surface area contributed by atoms with Crippen LogP contribution in [0.2, 0.25) is 0 Å². The molecule has 3 aromatic rings. The molecule has 10 heteroatoms. The number of Topliss-reactive ketones (excluding diaryl/α,β-unsaturated/α-hetero) is 1. The summed E-state index contributed by atoms with van der Waals surface area (Å²) in [6, 6.07) is 11.8. The van der Waals surface area contributed by atoms with Crippen molar-refractivity contribution in [1.29, 1.82) is 0 Å². The molecule has 2 heterocycles. The largest absolute Gasteiger partial charge is 0.301 e. The van der Waals surface area contributed by atoms with Gasteiger partial charge in [-0.2, -0.15) is 0 Å². The number of ketones is 1. The normalized spacial score (nSPS) is 21.2. The summed E-state index contributed by atoms with van der Waals surface area (Å²) in [5.41, 5.74) is 2.99. The average molecular weight is 567 g/mol. The van der Waals surface area contributed by atoms with Gasteiger partial charge in [-0.25, -0.2) is 4.98 Å². The highest BCUT2D eigenvalue weighted by atomic mass is 79.9. The molecule has 0 bridgehead atoms. The van der Waals surface area contributed by atoms with Crippen LogP contribution in [0.5, 0.6) is 0 Å². The highest BCUT2D eigenvalue weighted by molar-refractivity contribution is 9.10. The van der Waals surface area contributed by atoms with Gasteiger partial charge in [0.2, 0.25) is 5.91 Å². The highest BCUT2D eigenvalue weighted by Gasteiger charge is 2.45. The van der Waals surface area contributed by atoms with E-state index in [2.05, 4.69) is 26.2 Å². The molecule has 0 saturated carbocycles. The van der Waals surface area contributed by atoms with Gasteiger partial charge in [-0.05, 0) is 42.5 Å². The van der Waals surface area contributed by atoms with Gasteiger partial charge in [0.1, 0.15) is 0 Å². The zero-order chi connectivity index (χ0) is 25.8. The lowest BCUT2D eigenvalue weighted by Gasteiger charge is -2.39. The van der Waals surface area contributed by atoms with Gasteiger partial charge >= 0.3 is 0 Å². The number of amides is 1. The Hall–Kier alpha value is -3.24. The second-order valence-electron chi connectivity index (χ2n) is 9.98. The van der Waals surface area contributed by atoms with Crippen molar-refractivity contribution in [2.24, 2.45) is 16.3 Å². The first-order valence-electron chi connectivity index (χ1n) is 11.5. The minimum Gasteiger partial charge on any atom is -0.301 e.